The molecule has 146 valence electrons. The van der Waals surface area contributed by atoms with Crippen molar-refractivity contribution >= 4 is 22.9 Å². The van der Waals surface area contributed by atoms with Crippen LogP contribution in [0.15, 0.2) is 55.0 Å². The van der Waals surface area contributed by atoms with Crippen molar-refractivity contribution in [1.82, 2.24) is 24.5 Å². The molecule has 4 aromatic rings. The highest BCUT2D eigenvalue weighted by Crippen LogP contribution is 2.28. The molecule has 0 radical (unpaired) electrons. The largest absolute Gasteiger partial charge is 0.337 e. The van der Waals surface area contributed by atoms with Gasteiger partial charge in [-0.1, -0.05) is 6.07 Å². The molecule has 4 aromatic heterocycles. The predicted molar refractivity (Wildman–Crippen MR) is 113 cm³/mol. The summed E-state index contributed by atoms with van der Waals surface area (Å²) in [6, 6.07) is 11.9. The van der Waals surface area contributed by atoms with E-state index in [0.29, 0.717) is 6.54 Å². The summed E-state index contributed by atoms with van der Waals surface area (Å²) in [7, 11) is 0. The molecular formula is C22H21N5OS. The zero-order valence-electron chi connectivity index (χ0n) is 16.2. The third-order valence-corrected chi connectivity index (χ3v) is 6.36. The lowest BCUT2D eigenvalue weighted by molar-refractivity contribution is 0.0709. The highest BCUT2D eigenvalue weighted by Gasteiger charge is 2.28. The second-order valence-electron chi connectivity index (χ2n) is 7.43. The summed E-state index contributed by atoms with van der Waals surface area (Å²) in [6.07, 6.45) is 7.57. The normalized spacial score (nSPS) is 17.0. The van der Waals surface area contributed by atoms with Gasteiger partial charge in [-0.25, -0.2) is 9.50 Å². The van der Waals surface area contributed by atoms with Crippen molar-refractivity contribution in [1.29, 1.82) is 0 Å². The van der Waals surface area contributed by atoms with Crippen molar-refractivity contribution < 1.29 is 4.79 Å². The Morgan fingerprint density at radius 1 is 1.17 bits per heavy atom. The number of carbonyl (C=O) groups is 1. The first-order chi connectivity index (χ1) is 14.2. The number of hydrogen-bond donors (Lipinski definition) is 0. The SMILES string of the molecule is Cc1ccc(C(=O)N2CCC[C@@H](c3nc4ccc(-c5cccnc5)cn4n3)C2)s1. The number of likely N-dealkylation sites (tertiary alicyclic amines) is 1. The molecular weight excluding hydrogens is 382 g/mol. The quantitative estimate of drug-likeness (QED) is 0.515. The first kappa shape index (κ1) is 18.0. The number of hydrogen-bond acceptors (Lipinski definition) is 5. The highest BCUT2D eigenvalue weighted by atomic mass is 32.1. The Morgan fingerprint density at radius 3 is 2.90 bits per heavy atom. The summed E-state index contributed by atoms with van der Waals surface area (Å²) in [4.78, 5) is 25.7. The van der Waals surface area contributed by atoms with Crippen LogP contribution in [0.3, 0.4) is 0 Å². The van der Waals surface area contributed by atoms with Gasteiger partial charge in [0, 0.05) is 53.6 Å². The van der Waals surface area contributed by atoms with Crippen LogP contribution in [-0.2, 0) is 0 Å². The van der Waals surface area contributed by atoms with Crippen molar-refractivity contribution in [3.8, 4) is 11.1 Å². The number of piperidine rings is 1. The number of fused-ring (bicyclic) bond motifs is 1. The average Bonchev–Trinajstić information content (AvgIpc) is 3.39. The van der Waals surface area contributed by atoms with Gasteiger partial charge < -0.3 is 4.90 Å². The van der Waals surface area contributed by atoms with Gasteiger partial charge in [0.15, 0.2) is 11.5 Å². The maximum atomic E-state index is 12.8. The molecule has 1 atom stereocenters. The molecule has 29 heavy (non-hydrogen) atoms. The third-order valence-electron chi connectivity index (χ3n) is 5.37. The molecule has 7 heteroatoms. The van der Waals surface area contributed by atoms with Gasteiger partial charge in [0.05, 0.1) is 4.88 Å². The predicted octanol–water partition coefficient (Wildman–Crippen LogP) is 4.18. The van der Waals surface area contributed by atoms with Crippen LogP contribution in [0, 0.1) is 6.92 Å². The van der Waals surface area contributed by atoms with E-state index in [9.17, 15) is 4.79 Å². The van der Waals surface area contributed by atoms with Crippen molar-refractivity contribution in [3.63, 3.8) is 0 Å². The fourth-order valence-corrected chi connectivity index (χ4v) is 4.69. The maximum absolute atomic E-state index is 12.8. The zero-order chi connectivity index (χ0) is 19.8. The molecule has 0 unspecified atom stereocenters. The minimum Gasteiger partial charge on any atom is -0.337 e. The highest BCUT2D eigenvalue weighted by molar-refractivity contribution is 7.13. The lowest BCUT2D eigenvalue weighted by Gasteiger charge is -2.31. The fraction of sp³-hybridized carbons (Fsp3) is 0.273. The van der Waals surface area contributed by atoms with E-state index in [1.165, 1.54) is 0 Å². The van der Waals surface area contributed by atoms with E-state index in [4.69, 9.17) is 10.1 Å². The van der Waals surface area contributed by atoms with Crippen LogP contribution in [-0.4, -0.2) is 43.5 Å². The minimum absolute atomic E-state index is 0.121. The summed E-state index contributed by atoms with van der Waals surface area (Å²) in [6.45, 7) is 3.49. The van der Waals surface area contributed by atoms with Gasteiger partial charge in [-0.15, -0.1) is 11.3 Å². The Labute approximate surface area is 172 Å². The molecule has 5 rings (SSSR count). The van der Waals surface area contributed by atoms with Crippen LogP contribution in [0.25, 0.3) is 16.8 Å². The molecule has 1 aliphatic rings. The van der Waals surface area contributed by atoms with Crippen LogP contribution >= 0.6 is 11.3 Å². The standard InChI is InChI=1S/C22H21N5OS/c1-15-6-8-19(29-15)22(28)26-11-3-5-18(13-26)21-24-20-9-7-17(14-27(20)25-21)16-4-2-10-23-12-16/h2,4,6-10,12,14,18H,3,5,11,13H2,1H3/t18-/m1/s1. The summed E-state index contributed by atoms with van der Waals surface area (Å²) in [5.41, 5.74) is 2.92. The molecule has 1 aliphatic heterocycles. The second-order valence-corrected chi connectivity index (χ2v) is 8.72. The first-order valence-electron chi connectivity index (χ1n) is 9.80. The Bertz CT molecular complexity index is 1170. The zero-order valence-corrected chi connectivity index (χ0v) is 17.0. The number of carbonyl (C=O) groups excluding carboxylic acids is 1. The van der Waals surface area contributed by atoms with Crippen LogP contribution in [0.2, 0.25) is 0 Å². The van der Waals surface area contributed by atoms with Gasteiger partial charge in [0.25, 0.3) is 5.91 Å². The molecule has 1 saturated heterocycles. The van der Waals surface area contributed by atoms with Gasteiger partial charge in [-0.05, 0) is 50.1 Å². The monoisotopic (exact) mass is 403 g/mol. The third kappa shape index (κ3) is 3.53. The molecule has 0 bridgehead atoms. The van der Waals surface area contributed by atoms with E-state index in [-0.39, 0.29) is 11.8 Å². The van der Waals surface area contributed by atoms with Gasteiger partial charge in [-0.3, -0.25) is 9.78 Å². The van der Waals surface area contributed by atoms with Gasteiger partial charge in [-0.2, -0.15) is 5.10 Å². The summed E-state index contributed by atoms with van der Waals surface area (Å²) >= 11 is 1.56. The number of aromatic nitrogens is 4. The topological polar surface area (TPSA) is 63.4 Å². The molecule has 0 aromatic carbocycles. The van der Waals surface area contributed by atoms with E-state index >= 15 is 0 Å². The summed E-state index contributed by atoms with van der Waals surface area (Å²) < 4.78 is 1.83. The number of thiophene rings is 1. The first-order valence-corrected chi connectivity index (χ1v) is 10.6. The number of nitrogens with zero attached hydrogens (tertiary/aromatic N) is 5. The number of rotatable bonds is 3. The van der Waals surface area contributed by atoms with E-state index in [0.717, 1.165) is 51.7 Å². The lowest BCUT2D eigenvalue weighted by atomic mass is 9.97. The number of aryl methyl sites for hydroxylation is 1. The Kier molecular flexibility index (Phi) is 4.60. The van der Waals surface area contributed by atoms with Crippen LogP contribution in [0.4, 0.5) is 0 Å². The summed E-state index contributed by atoms with van der Waals surface area (Å²) in [5.74, 6) is 1.10. The molecule has 6 nitrogen and oxygen atoms in total. The molecule has 1 amide bonds. The minimum atomic E-state index is 0.121. The van der Waals surface area contributed by atoms with Crippen molar-refractivity contribution in [2.24, 2.45) is 0 Å². The van der Waals surface area contributed by atoms with E-state index in [1.807, 2.05) is 65.1 Å². The molecule has 0 saturated carbocycles. The number of pyridine rings is 2. The van der Waals surface area contributed by atoms with Gasteiger partial charge >= 0.3 is 0 Å². The van der Waals surface area contributed by atoms with Crippen molar-refractivity contribution in [2.75, 3.05) is 13.1 Å². The number of amides is 1. The molecule has 0 N–H and O–H groups in total. The smallest absolute Gasteiger partial charge is 0.263 e. The fourth-order valence-electron chi connectivity index (χ4n) is 3.86. The molecule has 0 aliphatic carbocycles. The van der Waals surface area contributed by atoms with E-state index in [1.54, 1.807) is 17.5 Å². The average molecular weight is 404 g/mol. The van der Waals surface area contributed by atoms with Crippen LogP contribution in [0.5, 0.6) is 0 Å². The lowest BCUT2D eigenvalue weighted by Crippen LogP contribution is -2.39. The Balaban J connectivity index is 1.39. The summed E-state index contributed by atoms with van der Waals surface area (Å²) in [5, 5.41) is 4.74. The van der Waals surface area contributed by atoms with Gasteiger partial charge in [0.1, 0.15) is 0 Å². The van der Waals surface area contributed by atoms with Gasteiger partial charge in [0.2, 0.25) is 0 Å². The molecule has 0 spiro atoms. The van der Waals surface area contributed by atoms with E-state index in [2.05, 4.69) is 4.98 Å². The van der Waals surface area contributed by atoms with Crippen LogP contribution < -0.4 is 0 Å². The molecule has 1 fully saturated rings. The maximum Gasteiger partial charge on any atom is 0.263 e. The second kappa shape index (κ2) is 7.40. The van der Waals surface area contributed by atoms with E-state index < -0.39 is 0 Å². The Morgan fingerprint density at radius 2 is 2.10 bits per heavy atom. The Hall–Kier alpha value is -3.06. The van der Waals surface area contributed by atoms with Crippen LogP contribution in [0.1, 0.15) is 39.1 Å². The van der Waals surface area contributed by atoms with Crippen molar-refractivity contribution in [3.05, 3.63) is 70.6 Å². The molecule has 5 heterocycles. The van der Waals surface area contributed by atoms with Crippen molar-refractivity contribution in [2.45, 2.75) is 25.7 Å².